The summed E-state index contributed by atoms with van der Waals surface area (Å²) in [5.41, 5.74) is -1.32. The van der Waals surface area contributed by atoms with Crippen molar-refractivity contribution in [1.29, 1.82) is 5.26 Å². The summed E-state index contributed by atoms with van der Waals surface area (Å²) >= 11 is 0. The third-order valence-corrected chi connectivity index (χ3v) is 2.59. The van der Waals surface area contributed by atoms with E-state index in [1.165, 1.54) is 0 Å². The number of piperidine rings is 1. The fourth-order valence-corrected chi connectivity index (χ4v) is 1.85. The van der Waals surface area contributed by atoms with Crippen LogP contribution in [0.2, 0.25) is 0 Å². The number of likely N-dealkylation sites (tertiary alicyclic amines) is 1. The van der Waals surface area contributed by atoms with Gasteiger partial charge in [-0.3, -0.25) is 14.5 Å². The quantitative estimate of drug-likeness (QED) is 0.613. The Labute approximate surface area is 89.9 Å². The van der Waals surface area contributed by atoms with E-state index in [1.54, 1.807) is 13.8 Å². The van der Waals surface area contributed by atoms with Gasteiger partial charge < -0.3 is 0 Å². The van der Waals surface area contributed by atoms with Crippen LogP contribution < -0.4 is 0 Å². The van der Waals surface area contributed by atoms with Crippen LogP contribution in [0.1, 0.15) is 40.5 Å². The van der Waals surface area contributed by atoms with Gasteiger partial charge in [-0.25, -0.2) is 0 Å². The van der Waals surface area contributed by atoms with Gasteiger partial charge in [0.25, 0.3) is 0 Å². The van der Waals surface area contributed by atoms with Gasteiger partial charge in [0, 0.05) is 12.8 Å². The molecule has 1 aliphatic heterocycles. The zero-order valence-corrected chi connectivity index (χ0v) is 9.63. The van der Waals surface area contributed by atoms with Gasteiger partial charge in [0.1, 0.15) is 5.54 Å². The van der Waals surface area contributed by atoms with E-state index in [2.05, 4.69) is 0 Å². The van der Waals surface area contributed by atoms with Crippen LogP contribution in [0.3, 0.4) is 0 Å². The van der Waals surface area contributed by atoms with Crippen LogP contribution in [-0.2, 0) is 9.59 Å². The molecule has 0 aromatic rings. The first-order valence-corrected chi connectivity index (χ1v) is 4.97. The number of nitrogens with zero attached hydrogens (tertiary/aromatic N) is 2. The largest absolute Gasteiger partial charge is 0.274 e. The third kappa shape index (κ3) is 2.17. The van der Waals surface area contributed by atoms with Crippen molar-refractivity contribution < 1.29 is 9.59 Å². The Hall–Kier alpha value is -1.37. The SMILES string of the molecule is CC1(C)CC(=O)N(C(C)(C)C#N)C(=O)C1. The average Bonchev–Trinajstić information content (AvgIpc) is 1.99. The van der Waals surface area contributed by atoms with Gasteiger partial charge in [-0.1, -0.05) is 13.8 Å². The number of carbonyl (C=O) groups is 2. The molecule has 0 aliphatic carbocycles. The summed E-state index contributed by atoms with van der Waals surface area (Å²) in [6, 6.07) is 1.98. The lowest BCUT2D eigenvalue weighted by Gasteiger charge is -2.39. The highest BCUT2D eigenvalue weighted by atomic mass is 16.2. The maximum atomic E-state index is 11.8. The highest BCUT2D eigenvalue weighted by molar-refractivity contribution is 5.99. The van der Waals surface area contributed by atoms with Crippen LogP contribution in [0.15, 0.2) is 0 Å². The Morgan fingerprint density at radius 2 is 1.67 bits per heavy atom. The minimum atomic E-state index is -1.04. The fourth-order valence-electron chi connectivity index (χ4n) is 1.85. The molecule has 0 aromatic heterocycles. The highest BCUT2D eigenvalue weighted by Crippen LogP contribution is 2.34. The van der Waals surface area contributed by atoms with Crippen molar-refractivity contribution in [2.45, 2.75) is 46.1 Å². The van der Waals surface area contributed by atoms with E-state index in [0.717, 1.165) is 4.90 Å². The first kappa shape index (κ1) is 11.7. The van der Waals surface area contributed by atoms with Crippen molar-refractivity contribution in [3.8, 4) is 6.07 Å². The van der Waals surface area contributed by atoms with E-state index in [0.29, 0.717) is 12.8 Å². The number of hydrogen-bond donors (Lipinski definition) is 0. The Morgan fingerprint density at radius 1 is 1.27 bits per heavy atom. The second-order valence-corrected chi connectivity index (χ2v) is 5.31. The van der Waals surface area contributed by atoms with Crippen molar-refractivity contribution in [3.63, 3.8) is 0 Å². The first-order chi connectivity index (χ1) is 6.69. The summed E-state index contributed by atoms with van der Waals surface area (Å²) in [5, 5.41) is 8.92. The first-order valence-electron chi connectivity index (χ1n) is 4.97. The van der Waals surface area contributed by atoms with Gasteiger partial charge in [-0.2, -0.15) is 5.26 Å². The summed E-state index contributed by atoms with van der Waals surface area (Å²) in [5.74, 6) is -0.495. The molecule has 0 N–H and O–H groups in total. The molecule has 0 saturated carbocycles. The predicted molar refractivity (Wildman–Crippen MR) is 54.6 cm³/mol. The van der Waals surface area contributed by atoms with Gasteiger partial charge in [-0.05, 0) is 19.3 Å². The number of amides is 2. The summed E-state index contributed by atoms with van der Waals surface area (Å²) in [4.78, 5) is 24.7. The van der Waals surface area contributed by atoms with Crippen LogP contribution in [0, 0.1) is 16.7 Å². The molecule has 4 heteroatoms. The predicted octanol–water partition coefficient (Wildman–Crippen LogP) is 1.46. The van der Waals surface area contributed by atoms with E-state index in [4.69, 9.17) is 5.26 Å². The van der Waals surface area contributed by atoms with E-state index < -0.39 is 5.54 Å². The number of rotatable bonds is 1. The van der Waals surface area contributed by atoms with Crippen molar-refractivity contribution >= 4 is 11.8 Å². The molecule has 0 atom stereocenters. The lowest BCUT2D eigenvalue weighted by Crippen LogP contribution is -2.55. The molecule has 0 aromatic carbocycles. The summed E-state index contributed by atoms with van der Waals surface area (Å²) in [6.07, 6.45) is 0.647. The Balaban J connectivity index is 3.01. The van der Waals surface area contributed by atoms with Crippen LogP contribution in [-0.4, -0.2) is 22.3 Å². The maximum Gasteiger partial charge on any atom is 0.231 e. The molecule has 1 fully saturated rings. The van der Waals surface area contributed by atoms with Crippen molar-refractivity contribution in [2.24, 2.45) is 5.41 Å². The van der Waals surface area contributed by atoms with Crippen molar-refractivity contribution in [2.75, 3.05) is 0 Å². The van der Waals surface area contributed by atoms with E-state index in [9.17, 15) is 9.59 Å². The van der Waals surface area contributed by atoms with E-state index in [-0.39, 0.29) is 17.2 Å². The molecule has 0 bridgehead atoms. The standard InChI is InChI=1S/C11H16N2O2/c1-10(2)5-8(14)13(9(15)6-10)11(3,4)7-12/h5-6H2,1-4H3. The second kappa shape index (κ2) is 3.34. The summed E-state index contributed by atoms with van der Waals surface area (Å²) in [7, 11) is 0. The molecule has 2 amide bonds. The van der Waals surface area contributed by atoms with Gasteiger partial charge in [-0.15, -0.1) is 0 Å². The average molecular weight is 208 g/mol. The van der Waals surface area contributed by atoms with Gasteiger partial charge in [0.15, 0.2) is 0 Å². The summed E-state index contributed by atoms with van der Waals surface area (Å²) < 4.78 is 0. The number of imide groups is 1. The number of nitriles is 1. The minimum absolute atomic E-state index is 0.247. The molecule has 82 valence electrons. The monoisotopic (exact) mass is 208 g/mol. The molecule has 4 nitrogen and oxygen atoms in total. The lowest BCUT2D eigenvalue weighted by atomic mass is 9.80. The highest BCUT2D eigenvalue weighted by Gasteiger charge is 2.44. The van der Waals surface area contributed by atoms with Crippen LogP contribution >= 0.6 is 0 Å². The van der Waals surface area contributed by atoms with Gasteiger partial charge >= 0.3 is 0 Å². The maximum absolute atomic E-state index is 11.8. The number of hydrogen-bond acceptors (Lipinski definition) is 3. The molecule has 1 heterocycles. The van der Waals surface area contributed by atoms with Gasteiger partial charge in [0.2, 0.25) is 11.8 Å². The topological polar surface area (TPSA) is 61.2 Å². The molecule has 1 rings (SSSR count). The zero-order chi connectivity index (χ0) is 11.9. The molecule has 1 saturated heterocycles. The minimum Gasteiger partial charge on any atom is -0.274 e. The number of carbonyl (C=O) groups excluding carboxylic acids is 2. The van der Waals surface area contributed by atoms with Gasteiger partial charge in [0.05, 0.1) is 6.07 Å². The summed E-state index contributed by atoms with van der Waals surface area (Å²) in [6.45, 7) is 6.95. The van der Waals surface area contributed by atoms with E-state index in [1.807, 2.05) is 19.9 Å². The Kier molecular flexibility index (Phi) is 2.60. The zero-order valence-electron chi connectivity index (χ0n) is 9.63. The van der Waals surface area contributed by atoms with Crippen molar-refractivity contribution in [1.82, 2.24) is 4.90 Å². The second-order valence-electron chi connectivity index (χ2n) is 5.31. The molecule has 0 spiro atoms. The fraction of sp³-hybridized carbons (Fsp3) is 0.727. The van der Waals surface area contributed by atoms with E-state index >= 15 is 0 Å². The smallest absolute Gasteiger partial charge is 0.231 e. The van der Waals surface area contributed by atoms with Crippen LogP contribution in [0.25, 0.3) is 0 Å². The normalized spacial score (nSPS) is 21.4. The van der Waals surface area contributed by atoms with Crippen molar-refractivity contribution in [3.05, 3.63) is 0 Å². The molecular weight excluding hydrogens is 192 g/mol. The molecule has 15 heavy (non-hydrogen) atoms. The van der Waals surface area contributed by atoms with Crippen LogP contribution in [0.5, 0.6) is 0 Å². The Morgan fingerprint density at radius 3 is 2.00 bits per heavy atom. The molecule has 0 radical (unpaired) electrons. The van der Waals surface area contributed by atoms with Crippen LogP contribution in [0.4, 0.5) is 0 Å². The molecular formula is C11H16N2O2. The lowest BCUT2D eigenvalue weighted by molar-refractivity contribution is -0.156. The molecule has 0 unspecified atom stereocenters. The third-order valence-electron chi connectivity index (χ3n) is 2.59. The Bertz CT molecular complexity index is 330. The molecule has 1 aliphatic rings.